The van der Waals surface area contributed by atoms with Crippen LogP contribution in [0.25, 0.3) is 0 Å². The van der Waals surface area contributed by atoms with Crippen LogP contribution in [-0.2, 0) is 0 Å². The average molecular weight is 280 g/mol. The van der Waals surface area contributed by atoms with E-state index in [0.29, 0.717) is 0 Å². The lowest BCUT2D eigenvalue weighted by atomic mass is 10.00. The molecule has 1 nitrogen and oxygen atoms in total. The van der Waals surface area contributed by atoms with Crippen molar-refractivity contribution in [3.05, 3.63) is 56.2 Å². The van der Waals surface area contributed by atoms with Crippen molar-refractivity contribution in [1.82, 2.24) is 5.32 Å². The van der Waals surface area contributed by atoms with Crippen molar-refractivity contribution in [3.8, 4) is 0 Å². The quantitative estimate of drug-likeness (QED) is 0.854. The van der Waals surface area contributed by atoms with E-state index in [1.807, 2.05) is 6.92 Å². The molecule has 2 rings (SSSR count). The molecule has 0 saturated carbocycles. The average Bonchev–Trinajstić information content (AvgIpc) is 2.76. The third-order valence-corrected chi connectivity index (χ3v) is 4.31. The van der Waals surface area contributed by atoms with Crippen LogP contribution < -0.4 is 5.32 Å². The molecule has 1 heterocycles. The summed E-state index contributed by atoms with van der Waals surface area (Å²) >= 11 is 8.01. The molecule has 0 aliphatic carbocycles. The third-order valence-electron chi connectivity index (χ3n) is 3.02. The van der Waals surface area contributed by atoms with Gasteiger partial charge in [-0.25, -0.2) is 0 Å². The zero-order valence-corrected chi connectivity index (χ0v) is 12.5. The maximum atomic E-state index is 6.23. The predicted octanol–water partition coefficient (Wildman–Crippen LogP) is 4.72. The number of aryl methyl sites for hydroxylation is 2. The molecule has 1 unspecified atom stereocenters. The van der Waals surface area contributed by atoms with Crippen molar-refractivity contribution >= 4 is 22.9 Å². The molecule has 0 aliphatic rings. The van der Waals surface area contributed by atoms with Gasteiger partial charge in [-0.3, -0.25) is 0 Å². The lowest BCUT2D eigenvalue weighted by molar-refractivity contribution is 0.632. The summed E-state index contributed by atoms with van der Waals surface area (Å²) in [6.07, 6.45) is 0. The molecule has 0 saturated heterocycles. The Morgan fingerprint density at radius 2 is 2.00 bits per heavy atom. The van der Waals surface area contributed by atoms with Gasteiger partial charge in [-0.2, -0.15) is 0 Å². The Balaban J connectivity index is 2.37. The SMILES string of the molecule is CCNC(c1csc(C)c1)c1ccc(C)c(Cl)c1. The molecule has 0 spiro atoms. The zero-order valence-electron chi connectivity index (χ0n) is 11.0. The number of halogens is 1. The van der Waals surface area contributed by atoms with Crippen molar-refractivity contribution in [1.29, 1.82) is 0 Å². The van der Waals surface area contributed by atoms with Gasteiger partial charge < -0.3 is 5.32 Å². The van der Waals surface area contributed by atoms with Crippen molar-refractivity contribution in [3.63, 3.8) is 0 Å². The van der Waals surface area contributed by atoms with Crippen LogP contribution >= 0.6 is 22.9 Å². The highest BCUT2D eigenvalue weighted by Gasteiger charge is 2.14. The summed E-state index contributed by atoms with van der Waals surface area (Å²) in [5.41, 5.74) is 3.67. The smallest absolute Gasteiger partial charge is 0.0585 e. The number of hydrogen-bond donors (Lipinski definition) is 1. The molecular formula is C15H18ClNS. The molecule has 0 bridgehead atoms. The molecule has 1 aromatic carbocycles. The van der Waals surface area contributed by atoms with Crippen LogP contribution in [0.2, 0.25) is 5.02 Å². The molecular weight excluding hydrogens is 262 g/mol. The lowest BCUT2D eigenvalue weighted by Crippen LogP contribution is -2.21. The van der Waals surface area contributed by atoms with Gasteiger partial charge in [-0.05, 0) is 54.6 Å². The van der Waals surface area contributed by atoms with Crippen molar-refractivity contribution in [2.75, 3.05) is 6.54 Å². The Hall–Kier alpha value is -0.830. The van der Waals surface area contributed by atoms with E-state index in [1.54, 1.807) is 11.3 Å². The van der Waals surface area contributed by atoms with Crippen LogP contribution in [0, 0.1) is 13.8 Å². The van der Waals surface area contributed by atoms with Crippen LogP contribution in [0.3, 0.4) is 0 Å². The topological polar surface area (TPSA) is 12.0 Å². The molecule has 0 fully saturated rings. The summed E-state index contributed by atoms with van der Waals surface area (Å²) in [7, 11) is 0. The number of rotatable bonds is 4. The predicted molar refractivity (Wildman–Crippen MR) is 80.8 cm³/mol. The first-order valence-corrected chi connectivity index (χ1v) is 7.42. The minimum absolute atomic E-state index is 0.234. The van der Waals surface area contributed by atoms with Crippen LogP contribution in [0.1, 0.15) is 34.5 Å². The normalized spacial score (nSPS) is 12.7. The first-order valence-electron chi connectivity index (χ1n) is 6.16. The van der Waals surface area contributed by atoms with E-state index < -0.39 is 0 Å². The van der Waals surface area contributed by atoms with Crippen molar-refractivity contribution < 1.29 is 0 Å². The molecule has 18 heavy (non-hydrogen) atoms. The maximum Gasteiger partial charge on any atom is 0.0585 e. The minimum atomic E-state index is 0.234. The van der Waals surface area contributed by atoms with E-state index in [1.165, 1.54) is 16.0 Å². The van der Waals surface area contributed by atoms with Gasteiger partial charge >= 0.3 is 0 Å². The van der Waals surface area contributed by atoms with Gasteiger partial charge in [0.25, 0.3) is 0 Å². The first-order chi connectivity index (χ1) is 8.61. The van der Waals surface area contributed by atoms with E-state index >= 15 is 0 Å². The summed E-state index contributed by atoms with van der Waals surface area (Å²) in [6.45, 7) is 7.23. The van der Waals surface area contributed by atoms with E-state index in [4.69, 9.17) is 11.6 Å². The Morgan fingerprint density at radius 1 is 1.22 bits per heavy atom. The fourth-order valence-electron chi connectivity index (χ4n) is 2.04. The second-order valence-corrected chi connectivity index (χ2v) is 6.01. The van der Waals surface area contributed by atoms with Crippen LogP contribution in [0.15, 0.2) is 29.6 Å². The second-order valence-electron chi connectivity index (χ2n) is 4.49. The summed E-state index contributed by atoms with van der Waals surface area (Å²) in [4.78, 5) is 1.34. The molecule has 1 N–H and O–H groups in total. The van der Waals surface area contributed by atoms with Gasteiger partial charge in [0.05, 0.1) is 6.04 Å². The van der Waals surface area contributed by atoms with E-state index in [0.717, 1.165) is 17.1 Å². The van der Waals surface area contributed by atoms with Crippen LogP contribution in [-0.4, -0.2) is 6.54 Å². The fourth-order valence-corrected chi connectivity index (χ4v) is 2.96. The summed E-state index contributed by atoms with van der Waals surface area (Å²) in [6, 6.07) is 8.78. The summed E-state index contributed by atoms with van der Waals surface area (Å²) < 4.78 is 0. The van der Waals surface area contributed by atoms with Crippen LogP contribution in [0.4, 0.5) is 0 Å². The van der Waals surface area contributed by atoms with Crippen molar-refractivity contribution in [2.45, 2.75) is 26.8 Å². The molecule has 0 aliphatic heterocycles. The molecule has 0 amide bonds. The van der Waals surface area contributed by atoms with E-state index in [-0.39, 0.29) is 6.04 Å². The fraction of sp³-hybridized carbons (Fsp3) is 0.333. The zero-order chi connectivity index (χ0) is 13.1. The van der Waals surface area contributed by atoms with Gasteiger partial charge in [-0.1, -0.05) is 30.7 Å². The number of hydrogen-bond acceptors (Lipinski definition) is 2. The molecule has 96 valence electrons. The van der Waals surface area contributed by atoms with Crippen LogP contribution in [0.5, 0.6) is 0 Å². The maximum absolute atomic E-state index is 6.23. The van der Waals surface area contributed by atoms with E-state index in [9.17, 15) is 0 Å². The number of thiophene rings is 1. The number of benzene rings is 1. The van der Waals surface area contributed by atoms with Gasteiger partial charge in [0.1, 0.15) is 0 Å². The van der Waals surface area contributed by atoms with Gasteiger partial charge in [0.15, 0.2) is 0 Å². The molecule has 1 atom stereocenters. The monoisotopic (exact) mass is 279 g/mol. The molecule has 2 aromatic rings. The Bertz CT molecular complexity index is 533. The summed E-state index contributed by atoms with van der Waals surface area (Å²) in [5, 5.41) is 6.58. The summed E-state index contributed by atoms with van der Waals surface area (Å²) in [5.74, 6) is 0. The molecule has 0 radical (unpaired) electrons. The Labute approximate surface area is 118 Å². The number of nitrogens with one attached hydrogen (secondary N) is 1. The third kappa shape index (κ3) is 2.94. The van der Waals surface area contributed by atoms with Crippen molar-refractivity contribution in [2.24, 2.45) is 0 Å². The molecule has 1 aromatic heterocycles. The first kappa shape index (κ1) is 13.6. The highest BCUT2D eigenvalue weighted by molar-refractivity contribution is 7.10. The minimum Gasteiger partial charge on any atom is -0.307 e. The second kappa shape index (κ2) is 5.87. The Morgan fingerprint density at radius 3 is 2.56 bits per heavy atom. The highest BCUT2D eigenvalue weighted by atomic mass is 35.5. The molecule has 3 heteroatoms. The lowest BCUT2D eigenvalue weighted by Gasteiger charge is -2.18. The van der Waals surface area contributed by atoms with Gasteiger partial charge in [0.2, 0.25) is 0 Å². The largest absolute Gasteiger partial charge is 0.307 e. The standard InChI is InChI=1S/C15H18ClNS/c1-4-17-15(13-7-11(3)18-9-13)12-6-5-10(2)14(16)8-12/h5-9,15,17H,4H2,1-3H3. The van der Waals surface area contributed by atoms with Gasteiger partial charge in [-0.15, -0.1) is 11.3 Å². The Kier molecular flexibility index (Phi) is 4.44. The highest BCUT2D eigenvalue weighted by Crippen LogP contribution is 2.28. The van der Waals surface area contributed by atoms with Gasteiger partial charge in [0, 0.05) is 9.90 Å². The van der Waals surface area contributed by atoms with E-state index in [2.05, 4.69) is 48.8 Å².